The maximum atomic E-state index is 11.9. The summed E-state index contributed by atoms with van der Waals surface area (Å²) in [4.78, 5) is 11.9. The number of aryl methyl sites for hydroxylation is 1. The van der Waals surface area contributed by atoms with Crippen molar-refractivity contribution >= 4 is 29.3 Å². The number of nitrogen functional groups attached to an aromatic ring is 1. The molecule has 7 heteroatoms. The molecule has 2 aromatic rings. The Hall–Kier alpha value is -2.28. The van der Waals surface area contributed by atoms with Crippen molar-refractivity contribution in [1.82, 2.24) is 14.8 Å². The molecule has 0 saturated heterocycles. The van der Waals surface area contributed by atoms with Crippen LogP contribution in [0.25, 0.3) is 0 Å². The lowest BCUT2D eigenvalue weighted by Crippen LogP contribution is -2.14. The molecule has 0 unspecified atom stereocenters. The van der Waals surface area contributed by atoms with Crippen molar-refractivity contribution in [3.63, 3.8) is 0 Å². The van der Waals surface area contributed by atoms with E-state index in [9.17, 15) is 4.79 Å². The zero-order chi connectivity index (χ0) is 15.2. The van der Waals surface area contributed by atoms with Crippen LogP contribution in [0.5, 0.6) is 0 Å². The van der Waals surface area contributed by atoms with E-state index in [-0.39, 0.29) is 11.7 Å². The SMILES string of the molecule is C=CCn1c(N)nnc1SCC(=O)Nc1cccc(C)c1. The van der Waals surface area contributed by atoms with Gasteiger partial charge in [0.2, 0.25) is 11.9 Å². The van der Waals surface area contributed by atoms with Gasteiger partial charge >= 0.3 is 0 Å². The number of carbonyl (C=O) groups is 1. The number of aromatic nitrogens is 3. The predicted octanol–water partition coefficient (Wildman–Crippen LogP) is 2.09. The van der Waals surface area contributed by atoms with Gasteiger partial charge in [0.25, 0.3) is 0 Å². The molecule has 0 fully saturated rings. The van der Waals surface area contributed by atoms with Gasteiger partial charge in [-0.15, -0.1) is 16.8 Å². The second-order valence-corrected chi connectivity index (χ2v) is 5.39. The highest BCUT2D eigenvalue weighted by atomic mass is 32.2. The summed E-state index contributed by atoms with van der Waals surface area (Å²) in [5, 5.41) is 11.2. The first-order valence-corrected chi connectivity index (χ1v) is 7.37. The number of hydrogen-bond donors (Lipinski definition) is 2. The molecule has 0 aliphatic carbocycles. The molecule has 3 N–H and O–H groups in total. The number of hydrogen-bond acceptors (Lipinski definition) is 5. The number of nitrogens with two attached hydrogens (primary N) is 1. The molecular formula is C14H17N5OS. The Morgan fingerprint density at radius 1 is 1.52 bits per heavy atom. The van der Waals surface area contributed by atoms with Crippen LogP contribution in [0.4, 0.5) is 11.6 Å². The van der Waals surface area contributed by atoms with Gasteiger partial charge in [-0.25, -0.2) is 0 Å². The molecule has 6 nitrogen and oxygen atoms in total. The van der Waals surface area contributed by atoms with Crippen LogP contribution in [0.3, 0.4) is 0 Å². The second kappa shape index (κ2) is 6.94. The van der Waals surface area contributed by atoms with Gasteiger partial charge in [0.05, 0.1) is 5.75 Å². The first kappa shape index (κ1) is 15.1. The normalized spacial score (nSPS) is 10.3. The number of nitrogens with one attached hydrogen (secondary N) is 1. The molecule has 1 aromatic carbocycles. The van der Waals surface area contributed by atoms with Gasteiger partial charge in [-0.1, -0.05) is 30.0 Å². The standard InChI is InChI=1S/C14H17N5OS/c1-3-7-19-13(15)17-18-14(19)21-9-12(20)16-11-6-4-5-10(2)8-11/h3-6,8H,1,7,9H2,2H3,(H2,15,17)(H,16,20). The third-order valence-corrected chi connectivity index (χ3v) is 3.66. The van der Waals surface area contributed by atoms with E-state index in [2.05, 4.69) is 22.1 Å². The third kappa shape index (κ3) is 4.09. The fourth-order valence-electron chi connectivity index (χ4n) is 1.76. The summed E-state index contributed by atoms with van der Waals surface area (Å²) >= 11 is 1.29. The topological polar surface area (TPSA) is 85.8 Å². The fourth-order valence-corrected chi connectivity index (χ4v) is 2.51. The van der Waals surface area contributed by atoms with E-state index in [1.54, 1.807) is 10.6 Å². The highest BCUT2D eigenvalue weighted by Gasteiger charge is 2.11. The summed E-state index contributed by atoms with van der Waals surface area (Å²) in [5.41, 5.74) is 7.58. The number of allylic oxidation sites excluding steroid dienone is 1. The van der Waals surface area contributed by atoms with Gasteiger partial charge in [0, 0.05) is 12.2 Å². The lowest BCUT2D eigenvalue weighted by atomic mass is 10.2. The second-order valence-electron chi connectivity index (χ2n) is 4.45. The number of rotatable bonds is 6. The summed E-state index contributed by atoms with van der Waals surface area (Å²) in [6.07, 6.45) is 1.70. The van der Waals surface area contributed by atoms with E-state index in [1.165, 1.54) is 11.8 Å². The van der Waals surface area contributed by atoms with Gasteiger partial charge in [0.1, 0.15) is 0 Å². The molecule has 0 aliphatic heterocycles. The number of thioether (sulfide) groups is 1. The van der Waals surface area contributed by atoms with Crippen molar-refractivity contribution in [3.05, 3.63) is 42.5 Å². The van der Waals surface area contributed by atoms with Crippen LogP contribution in [-0.2, 0) is 11.3 Å². The van der Waals surface area contributed by atoms with Crippen molar-refractivity contribution in [2.45, 2.75) is 18.6 Å². The lowest BCUT2D eigenvalue weighted by Gasteiger charge is -2.06. The monoisotopic (exact) mass is 303 g/mol. The molecule has 1 aromatic heterocycles. The number of benzene rings is 1. The number of anilines is 2. The van der Waals surface area contributed by atoms with Crippen LogP contribution in [-0.4, -0.2) is 26.4 Å². The van der Waals surface area contributed by atoms with E-state index in [0.717, 1.165) is 11.3 Å². The van der Waals surface area contributed by atoms with E-state index >= 15 is 0 Å². The smallest absolute Gasteiger partial charge is 0.234 e. The van der Waals surface area contributed by atoms with Gasteiger partial charge < -0.3 is 11.1 Å². The molecule has 0 radical (unpaired) electrons. The van der Waals surface area contributed by atoms with E-state index < -0.39 is 0 Å². The highest BCUT2D eigenvalue weighted by molar-refractivity contribution is 7.99. The largest absolute Gasteiger partial charge is 0.368 e. The van der Waals surface area contributed by atoms with Crippen molar-refractivity contribution in [3.8, 4) is 0 Å². The Morgan fingerprint density at radius 3 is 3.05 bits per heavy atom. The minimum absolute atomic E-state index is 0.0997. The predicted molar refractivity (Wildman–Crippen MR) is 85.2 cm³/mol. The number of carbonyl (C=O) groups excluding carboxylic acids is 1. The molecule has 110 valence electrons. The van der Waals surface area contributed by atoms with Crippen LogP contribution in [0.2, 0.25) is 0 Å². The Morgan fingerprint density at radius 2 is 2.33 bits per heavy atom. The Bertz CT molecular complexity index is 653. The van der Waals surface area contributed by atoms with Crippen LogP contribution in [0.1, 0.15) is 5.56 Å². The number of nitrogens with zero attached hydrogens (tertiary/aromatic N) is 3. The Labute approximate surface area is 127 Å². The van der Waals surface area contributed by atoms with Crippen molar-refractivity contribution in [1.29, 1.82) is 0 Å². The molecule has 0 aliphatic rings. The molecule has 21 heavy (non-hydrogen) atoms. The average Bonchev–Trinajstić information content (AvgIpc) is 2.78. The average molecular weight is 303 g/mol. The van der Waals surface area contributed by atoms with Gasteiger partial charge in [-0.3, -0.25) is 9.36 Å². The minimum atomic E-state index is -0.0997. The maximum Gasteiger partial charge on any atom is 0.234 e. The highest BCUT2D eigenvalue weighted by Crippen LogP contribution is 2.18. The Balaban J connectivity index is 1.94. The first-order chi connectivity index (χ1) is 10.1. The van der Waals surface area contributed by atoms with E-state index in [0.29, 0.717) is 17.6 Å². The Kier molecular flexibility index (Phi) is 4.99. The van der Waals surface area contributed by atoms with Gasteiger partial charge in [0.15, 0.2) is 5.16 Å². The molecule has 0 bridgehead atoms. The summed E-state index contributed by atoms with van der Waals surface area (Å²) in [6, 6.07) is 7.65. The van der Waals surface area contributed by atoms with Crippen molar-refractivity contribution in [2.75, 3.05) is 16.8 Å². The first-order valence-electron chi connectivity index (χ1n) is 6.39. The molecule has 0 saturated carbocycles. The molecular weight excluding hydrogens is 286 g/mol. The van der Waals surface area contributed by atoms with Crippen LogP contribution in [0, 0.1) is 6.92 Å². The minimum Gasteiger partial charge on any atom is -0.368 e. The van der Waals surface area contributed by atoms with E-state index in [1.807, 2.05) is 31.2 Å². The van der Waals surface area contributed by atoms with Crippen LogP contribution in [0.15, 0.2) is 42.1 Å². The zero-order valence-electron chi connectivity index (χ0n) is 11.7. The van der Waals surface area contributed by atoms with Crippen LogP contribution < -0.4 is 11.1 Å². The molecule has 0 atom stereocenters. The molecule has 1 heterocycles. The van der Waals surface area contributed by atoms with E-state index in [4.69, 9.17) is 5.73 Å². The number of amides is 1. The van der Waals surface area contributed by atoms with Gasteiger partial charge in [-0.05, 0) is 24.6 Å². The lowest BCUT2D eigenvalue weighted by molar-refractivity contribution is -0.113. The summed E-state index contributed by atoms with van der Waals surface area (Å²) in [5.74, 6) is 0.456. The third-order valence-electron chi connectivity index (χ3n) is 2.69. The van der Waals surface area contributed by atoms with Crippen molar-refractivity contribution in [2.24, 2.45) is 0 Å². The van der Waals surface area contributed by atoms with Crippen molar-refractivity contribution < 1.29 is 4.79 Å². The zero-order valence-corrected chi connectivity index (χ0v) is 12.6. The summed E-state index contributed by atoms with van der Waals surface area (Å²) < 4.78 is 1.71. The summed E-state index contributed by atoms with van der Waals surface area (Å²) in [6.45, 7) is 6.15. The van der Waals surface area contributed by atoms with Crippen LogP contribution >= 0.6 is 11.8 Å². The quantitative estimate of drug-likeness (QED) is 0.630. The fraction of sp³-hybridized carbons (Fsp3) is 0.214. The maximum absolute atomic E-state index is 11.9. The molecule has 1 amide bonds. The van der Waals surface area contributed by atoms with Gasteiger partial charge in [-0.2, -0.15) is 0 Å². The summed E-state index contributed by atoms with van der Waals surface area (Å²) in [7, 11) is 0. The molecule has 0 spiro atoms. The molecule has 2 rings (SSSR count).